The third-order valence-corrected chi connectivity index (χ3v) is 9.11. The van der Waals surface area contributed by atoms with Gasteiger partial charge in [0, 0.05) is 50.2 Å². The highest BCUT2D eigenvalue weighted by molar-refractivity contribution is 6.19. The Hall–Kier alpha value is -3.96. The molecule has 2 fully saturated rings. The topological polar surface area (TPSA) is 109 Å². The van der Waals surface area contributed by atoms with Gasteiger partial charge in [-0.05, 0) is 87.7 Å². The Morgan fingerprint density at radius 2 is 1.93 bits per heavy atom. The molecule has 2 N–H and O–H groups in total. The van der Waals surface area contributed by atoms with Gasteiger partial charge in [0.05, 0.1) is 48.6 Å². The van der Waals surface area contributed by atoms with Crippen molar-refractivity contribution in [3.05, 3.63) is 47.8 Å². The fourth-order valence-electron chi connectivity index (χ4n) is 6.57. The number of hydrogen-bond donors (Lipinski definition) is 2. The highest BCUT2D eigenvalue weighted by Gasteiger charge is 2.36. The number of ether oxygens (including phenoxy) is 2. The van der Waals surface area contributed by atoms with E-state index in [0.29, 0.717) is 41.5 Å². The first-order valence-corrected chi connectivity index (χ1v) is 16.0. The maximum atomic E-state index is 13.7. The van der Waals surface area contributed by atoms with Crippen LogP contribution in [0.1, 0.15) is 48.2 Å². The maximum Gasteiger partial charge on any atom is 0.280 e. The van der Waals surface area contributed by atoms with Gasteiger partial charge in [-0.1, -0.05) is 0 Å². The van der Waals surface area contributed by atoms with E-state index in [1.165, 1.54) is 12.8 Å². The van der Waals surface area contributed by atoms with Crippen molar-refractivity contribution in [2.45, 2.75) is 39.0 Å². The van der Waals surface area contributed by atoms with Gasteiger partial charge >= 0.3 is 0 Å². The Kier molecular flexibility index (Phi) is 8.22. The average molecular weight is 599 g/mol. The van der Waals surface area contributed by atoms with Crippen LogP contribution in [0.15, 0.2) is 41.5 Å². The number of fused-ring (bicyclic) bond motifs is 7. The summed E-state index contributed by atoms with van der Waals surface area (Å²) in [5.41, 5.74) is 5.76. The Bertz CT molecular complexity index is 1540. The Balaban J connectivity index is 1.15. The van der Waals surface area contributed by atoms with Crippen LogP contribution in [0.25, 0.3) is 11.3 Å². The zero-order valence-corrected chi connectivity index (χ0v) is 25.7. The van der Waals surface area contributed by atoms with Gasteiger partial charge in [-0.15, -0.1) is 0 Å². The molecule has 4 aliphatic rings. The van der Waals surface area contributed by atoms with Gasteiger partial charge in [-0.25, -0.2) is 4.68 Å². The third kappa shape index (κ3) is 6.30. The van der Waals surface area contributed by atoms with E-state index in [-0.39, 0.29) is 5.91 Å². The summed E-state index contributed by atoms with van der Waals surface area (Å²) in [6.07, 6.45) is 7.30. The smallest absolute Gasteiger partial charge is 0.280 e. The van der Waals surface area contributed by atoms with Crippen molar-refractivity contribution in [2.75, 3.05) is 68.1 Å². The molecule has 1 unspecified atom stereocenters. The molecule has 232 valence electrons. The quantitative estimate of drug-likeness (QED) is 0.395. The summed E-state index contributed by atoms with van der Waals surface area (Å²) in [6.45, 7) is 8.95. The first kappa shape index (κ1) is 28.8. The van der Waals surface area contributed by atoms with Crippen molar-refractivity contribution >= 4 is 28.9 Å². The van der Waals surface area contributed by atoms with Crippen molar-refractivity contribution in [3.63, 3.8) is 0 Å². The molecule has 5 heterocycles. The van der Waals surface area contributed by atoms with Crippen LogP contribution in [0.5, 0.6) is 5.88 Å². The van der Waals surface area contributed by atoms with Gasteiger partial charge in [0.25, 0.3) is 5.91 Å². The number of pyridine rings is 1. The second-order valence-electron chi connectivity index (χ2n) is 12.4. The molecule has 7 rings (SSSR count). The zero-order chi connectivity index (χ0) is 30.0. The molecule has 2 aromatic heterocycles. The number of nitrogens with one attached hydrogen (secondary N) is 2. The van der Waals surface area contributed by atoms with E-state index in [9.17, 15) is 4.79 Å². The van der Waals surface area contributed by atoms with E-state index in [4.69, 9.17) is 14.5 Å². The van der Waals surface area contributed by atoms with Crippen molar-refractivity contribution in [2.24, 2.45) is 23.9 Å². The van der Waals surface area contributed by atoms with Gasteiger partial charge in [0.2, 0.25) is 11.8 Å². The summed E-state index contributed by atoms with van der Waals surface area (Å²) in [5, 5.41) is 11.5. The summed E-state index contributed by atoms with van der Waals surface area (Å²) in [4.78, 5) is 27.8. The molecule has 3 aliphatic heterocycles. The molecular formula is C33H42N8O3. The van der Waals surface area contributed by atoms with Crippen LogP contribution in [0, 0.1) is 18.8 Å². The molecular weight excluding hydrogens is 556 g/mol. The predicted octanol–water partition coefficient (Wildman–Crippen LogP) is 4.55. The lowest BCUT2D eigenvalue weighted by molar-refractivity contribution is 0.0378. The third-order valence-electron chi connectivity index (χ3n) is 9.11. The van der Waals surface area contributed by atoms with Crippen molar-refractivity contribution in [1.29, 1.82) is 0 Å². The van der Waals surface area contributed by atoms with Crippen molar-refractivity contribution in [1.82, 2.24) is 19.7 Å². The Labute approximate surface area is 258 Å². The van der Waals surface area contributed by atoms with Crippen molar-refractivity contribution in [3.8, 4) is 17.1 Å². The molecule has 1 atom stereocenters. The molecule has 0 spiro atoms. The number of anilines is 3. The van der Waals surface area contributed by atoms with Crippen LogP contribution >= 0.6 is 0 Å². The minimum Gasteiger partial charge on any atom is -0.477 e. The molecule has 1 aliphatic carbocycles. The van der Waals surface area contributed by atoms with Crippen LogP contribution < -0.4 is 20.3 Å². The summed E-state index contributed by atoms with van der Waals surface area (Å²) in [5.74, 6) is 2.12. The van der Waals surface area contributed by atoms with E-state index in [1.54, 1.807) is 23.0 Å². The first-order valence-electron chi connectivity index (χ1n) is 16.0. The minimum absolute atomic E-state index is 0.303. The number of benzene rings is 1. The van der Waals surface area contributed by atoms with E-state index >= 15 is 0 Å². The van der Waals surface area contributed by atoms with Crippen LogP contribution in [-0.2, 0) is 11.8 Å². The average Bonchev–Trinajstić information content (AvgIpc) is 3.73. The van der Waals surface area contributed by atoms with Crippen LogP contribution in [0.2, 0.25) is 0 Å². The normalized spacial score (nSPS) is 22.0. The van der Waals surface area contributed by atoms with Gasteiger partial charge in [-0.3, -0.25) is 14.7 Å². The largest absolute Gasteiger partial charge is 0.477 e. The van der Waals surface area contributed by atoms with Crippen molar-refractivity contribution < 1.29 is 14.3 Å². The summed E-state index contributed by atoms with van der Waals surface area (Å²) < 4.78 is 13.5. The number of aromatic nitrogens is 3. The van der Waals surface area contributed by atoms with E-state index in [0.717, 1.165) is 93.5 Å². The SMILES string of the molecule is Cc1cc2cc(n1)-c1cnn(C)c1OCCCC(C1CC1)CN1/C(=N/C2=O)Nc2cc(NCCCN3CCOCC3)ccc21. The molecule has 1 aromatic carbocycles. The highest BCUT2D eigenvalue weighted by Crippen LogP contribution is 2.43. The molecule has 44 heavy (non-hydrogen) atoms. The predicted molar refractivity (Wildman–Crippen MR) is 172 cm³/mol. The molecule has 11 nitrogen and oxygen atoms in total. The molecule has 2 bridgehead atoms. The molecule has 3 aromatic rings. The van der Waals surface area contributed by atoms with Gasteiger partial charge in [-0.2, -0.15) is 10.1 Å². The van der Waals surface area contributed by atoms with Gasteiger partial charge < -0.3 is 25.0 Å². The fourth-order valence-corrected chi connectivity index (χ4v) is 6.57. The molecule has 11 heteroatoms. The number of guanidine groups is 1. The van der Waals surface area contributed by atoms with Gasteiger partial charge in [0.15, 0.2) is 0 Å². The number of aliphatic imine (C=N–C) groups is 1. The fraction of sp³-hybridized carbons (Fsp3) is 0.515. The number of carbonyl (C=O) groups is 1. The number of carbonyl (C=O) groups excluding carboxylic acids is 1. The molecule has 1 amide bonds. The second-order valence-corrected chi connectivity index (χ2v) is 12.4. The zero-order valence-electron chi connectivity index (χ0n) is 25.7. The lowest BCUT2D eigenvalue weighted by Crippen LogP contribution is -2.37. The number of aryl methyl sites for hydroxylation is 2. The molecule has 1 saturated heterocycles. The molecule has 0 radical (unpaired) electrons. The van der Waals surface area contributed by atoms with E-state index in [1.807, 2.05) is 14.0 Å². The summed E-state index contributed by atoms with van der Waals surface area (Å²) in [7, 11) is 1.87. The Morgan fingerprint density at radius 3 is 2.77 bits per heavy atom. The number of morpholine rings is 1. The van der Waals surface area contributed by atoms with Gasteiger partial charge in [0.1, 0.15) is 0 Å². The lowest BCUT2D eigenvalue weighted by atomic mass is 9.97. The monoisotopic (exact) mass is 598 g/mol. The number of nitrogens with zero attached hydrogens (tertiary/aromatic N) is 6. The summed E-state index contributed by atoms with van der Waals surface area (Å²) >= 11 is 0. The van der Waals surface area contributed by atoms with Crippen LogP contribution in [-0.4, -0.2) is 84.1 Å². The van der Waals surface area contributed by atoms with Crippen LogP contribution in [0.4, 0.5) is 17.1 Å². The molecule has 1 saturated carbocycles. The maximum absolute atomic E-state index is 13.7. The number of amides is 1. The number of hydrogen-bond acceptors (Lipinski definition) is 9. The van der Waals surface area contributed by atoms with Crippen LogP contribution in [0.3, 0.4) is 0 Å². The lowest BCUT2D eigenvalue weighted by Gasteiger charge is -2.26. The minimum atomic E-state index is -0.303. The van der Waals surface area contributed by atoms with E-state index < -0.39 is 0 Å². The highest BCUT2D eigenvalue weighted by atomic mass is 16.5. The first-order chi connectivity index (χ1) is 21.5. The Morgan fingerprint density at radius 1 is 1.07 bits per heavy atom. The summed E-state index contributed by atoms with van der Waals surface area (Å²) in [6, 6.07) is 10.0. The number of rotatable bonds is 6. The standard InChI is InChI=1S/C33H42N8O3/c1-22-17-25-18-28(36-22)27-20-35-39(2)32(27)44-14-3-5-24(23-6-7-23)21-41-30-9-8-26(19-29(30)37-33(41)38-31(25)42)34-10-4-11-40-12-15-43-16-13-40/h8-9,17-20,23-24,34H,3-7,10-16,21H2,1-2H3,(H,37,38,42). The van der Waals surface area contributed by atoms with E-state index in [2.05, 4.69) is 48.7 Å². The second kappa shape index (κ2) is 12.6.